The number of aromatic nitrogens is 2. The maximum absolute atomic E-state index is 5.24. The lowest BCUT2D eigenvalue weighted by Gasteiger charge is -2.03. The van der Waals surface area contributed by atoms with Crippen molar-refractivity contribution in [1.82, 2.24) is 14.4 Å². The predicted octanol–water partition coefficient (Wildman–Crippen LogP) is 1.83. The highest BCUT2D eigenvalue weighted by Gasteiger charge is 2.27. The maximum atomic E-state index is 5.24. The summed E-state index contributed by atoms with van der Waals surface area (Å²) in [5.41, 5.74) is 0. The zero-order valence-corrected chi connectivity index (χ0v) is 9.37. The fourth-order valence-electron chi connectivity index (χ4n) is 1.59. The Morgan fingerprint density at radius 3 is 2.86 bits per heavy atom. The number of nitrogens with zero attached hydrogens (tertiary/aromatic N) is 3. The number of hydrogen-bond acceptors (Lipinski definition) is 5. The highest BCUT2D eigenvalue weighted by atomic mass is 32.1. The van der Waals surface area contributed by atoms with Crippen LogP contribution in [-0.2, 0) is 0 Å². The Kier molecular flexibility index (Phi) is 2.78. The zero-order valence-electron chi connectivity index (χ0n) is 8.47. The lowest BCUT2D eigenvalue weighted by molar-refractivity contribution is 0.350. The molecule has 1 fully saturated rings. The first-order chi connectivity index (χ1) is 6.66. The van der Waals surface area contributed by atoms with E-state index in [9.17, 15) is 0 Å². The van der Waals surface area contributed by atoms with Gasteiger partial charge in [-0.2, -0.15) is 4.98 Å². The third-order valence-corrected chi connectivity index (χ3v) is 2.85. The van der Waals surface area contributed by atoms with Crippen molar-refractivity contribution in [3.05, 3.63) is 11.7 Å². The second kappa shape index (κ2) is 3.90. The molecule has 1 saturated heterocycles. The molecule has 5 heteroatoms. The molecule has 78 valence electrons. The molecule has 0 amide bonds. The molecule has 0 aromatic carbocycles. The molecule has 1 aliphatic rings. The molecule has 1 aromatic heterocycles. The second-order valence-electron chi connectivity index (χ2n) is 4.04. The van der Waals surface area contributed by atoms with E-state index < -0.39 is 0 Å². The average molecular weight is 213 g/mol. The molecular weight excluding hydrogens is 198 g/mol. The van der Waals surface area contributed by atoms with E-state index in [1.165, 1.54) is 0 Å². The lowest BCUT2D eigenvalue weighted by atomic mass is 10.1. The van der Waals surface area contributed by atoms with Crippen LogP contribution in [-0.4, -0.2) is 27.5 Å². The number of rotatable bonds is 2. The van der Waals surface area contributed by atoms with Crippen LogP contribution in [0.3, 0.4) is 0 Å². The largest absolute Gasteiger partial charge is 0.339 e. The summed E-state index contributed by atoms with van der Waals surface area (Å²) in [4.78, 5) is 4.39. The Hall–Kier alpha value is -0.550. The summed E-state index contributed by atoms with van der Waals surface area (Å²) in [7, 11) is 0. The van der Waals surface area contributed by atoms with Crippen molar-refractivity contribution in [3.8, 4) is 0 Å². The first-order valence-electron chi connectivity index (χ1n) is 4.94. The highest BCUT2D eigenvalue weighted by Crippen LogP contribution is 2.27. The quantitative estimate of drug-likeness (QED) is 0.761. The molecule has 1 atom stereocenters. The fourth-order valence-corrected chi connectivity index (χ4v) is 1.90. The van der Waals surface area contributed by atoms with Gasteiger partial charge in [-0.3, -0.25) is 4.31 Å². The van der Waals surface area contributed by atoms with Gasteiger partial charge in [0.1, 0.15) is 0 Å². The SMILES string of the molecule is CC(C)c1noc(C2CCN(S)C2)n1. The van der Waals surface area contributed by atoms with E-state index in [0.717, 1.165) is 31.2 Å². The molecule has 1 unspecified atom stereocenters. The van der Waals surface area contributed by atoms with Crippen LogP contribution in [0.2, 0.25) is 0 Å². The minimum atomic E-state index is 0.334. The van der Waals surface area contributed by atoms with Gasteiger partial charge in [0.2, 0.25) is 5.89 Å². The molecule has 14 heavy (non-hydrogen) atoms. The smallest absolute Gasteiger partial charge is 0.231 e. The van der Waals surface area contributed by atoms with Crippen molar-refractivity contribution < 1.29 is 4.52 Å². The molecule has 1 aromatic rings. The summed E-state index contributed by atoms with van der Waals surface area (Å²) in [6.07, 6.45) is 1.06. The predicted molar refractivity (Wildman–Crippen MR) is 56.3 cm³/mol. The Morgan fingerprint density at radius 2 is 2.36 bits per heavy atom. The third-order valence-electron chi connectivity index (χ3n) is 2.49. The van der Waals surface area contributed by atoms with Crippen LogP contribution in [0.4, 0.5) is 0 Å². The van der Waals surface area contributed by atoms with E-state index in [1.54, 1.807) is 0 Å². The van der Waals surface area contributed by atoms with Crippen LogP contribution in [0.1, 0.15) is 43.8 Å². The van der Waals surface area contributed by atoms with Gasteiger partial charge in [-0.25, -0.2) is 0 Å². The topological polar surface area (TPSA) is 42.2 Å². The zero-order chi connectivity index (χ0) is 10.1. The summed E-state index contributed by atoms with van der Waals surface area (Å²) in [6, 6.07) is 0. The minimum absolute atomic E-state index is 0.334. The second-order valence-corrected chi connectivity index (χ2v) is 4.61. The molecule has 0 bridgehead atoms. The van der Waals surface area contributed by atoms with Crippen LogP contribution < -0.4 is 0 Å². The molecule has 0 radical (unpaired) electrons. The van der Waals surface area contributed by atoms with Crippen LogP contribution in [0.5, 0.6) is 0 Å². The first kappa shape index (κ1) is 9.98. The van der Waals surface area contributed by atoms with Crippen LogP contribution in [0, 0.1) is 0 Å². The normalized spacial score (nSPS) is 23.6. The van der Waals surface area contributed by atoms with Crippen LogP contribution in [0.15, 0.2) is 4.52 Å². The van der Waals surface area contributed by atoms with Gasteiger partial charge in [0.25, 0.3) is 0 Å². The van der Waals surface area contributed by atoms with E-state index in [2.05, 4.69) is 36.8 Å². The Bertz CT molecular complexity index is 313. The molecule has 0 spiro atoms. The fraction of sp³-hybridized carbons (Fsp3) is 0.778. The summed E-state index contributed by atoms with van der Waals surface area (Å²) >= 11 is 4.29. The molecule has 2 heterocycles. The van der Waals surface area contributed by atoms with Gasteiger partial charge >= 0.3 is 0 Å². The monoisotopic (exact) mass is 213 g/mol. The van der Waals surface area contributed by atoms with E-state index >= 15 is 0 Å². The Labute approximate surface area is 89.2 Å². The molecule has 0 saturated carbocycles. The van der Waals surface area contributed by atoms with Crippen molar-refractivity contribution in [1.29, 1.82) is 0 Å². The number of thiol groups is 1. The van der Waals surface area contributed by atoms with Crippen molar-refractivity contribution in [2.75, 3.05) is 13.1 Å². The Morgan fingerprint density at radius 1 is 1.57 bits per heavy atom. The van der Waals surface area contributed by atoms with E-state index in [4.69, 9.17) is 4.52 Å². The van der Waals surface area contributed by atoms with Crippen LogP contribution >= 0.6 is 12.8 Å². The van der Waals surface area contributed by atoms with Crippen LogP contribution in [0.25, 0.3) is 0 Å². The van der Waals surface area contributed by atoms with Crippen molar-refractivity contribution in [3.63, 3.8) is 0 Å². The van der Waals surface area contributed by atoms with Gasteiger partial charge < -0.3 is 4.52 Å². The maximum Gasteiger partial charge on any atom is 0.231 e. The molecule has 0 N–H and O–H groups in total. The average Bonchev–Trinajstić information content (AvgIpc) is 2.70. The molecular formula is C9H15N3OS. The molecule has 4 nitrogen and oxygen atoms in total. The summed E-state index contributed by atoms with van der Waals surface area (Å²) in [5.74, 6) is 2.27. The third kappa shape index (κ3) is 1.93. The standard InChI is InChI=1S/C9H15N3OS/c1-6(2)8-10-9(13-11-8)7-3-4-12(14)5-7/h6-7,14H,3-5H2,1-2H3. The number of hydrogen-bond donors (Lipinski definition) is 1. The van der Waals surface area contributed by atoms with Gasteiger partial charge in [-0.15, -0.1) is 0 Å². The molecule has 2 rings (SSSR count). The van der Waals surface area contributed by atoms with E-state index in [0.29, 0.717) is 11.8 Å². The van der Waals surface area contributed by atoms with E-state index in [-0.39, 0.29) is 0 Å². The van der Waals surface area contributed by atoms with Gasteiger partial charge in [0.05, 0.1) is 5.92 Å². The molecule has 0 aliphatic carbocycles. The summed E-state index contributed by atoms with van der Waals surface area (Å²) in [6.45, 7) is 6.03. The van der Waals surface area contributed by atoms with Crippen molar-refractivity contribution in [2.45, 2.75) is 32.1 Å². The van der Waals surface area contributed by atoms with Gasteiger partial charge in [-0.1, -0.05) is 31.8 Å². The first-order valence-corrected chi connectivity index (χ1v) is 5.34. The molecule has 1 aliphatic heterocycles. The summed E-state index contributed by atoms with van der Waals surface area (Å²) in [5, 5.41) is 3.96. The van der Waals surface area contributed by atoms with Gasteiger partial charge in [0.15, 0.2) is 5.82 Å². The summed E-state index contributed by atoms with van der Waals surface area (Å²) < 4.78 is 7.23. The Balaban J connectivity index is 2.09. The van der Waals surface area contributed by atoms with Crippen molar-refractivity contribution >= 4 is 12.8 Å². The van der Waals surface area contributed by atoms with Crippen molar-refractivity contribution in [2.24, 2.45) is 0 Å². The van der Waals surface area contributed by atoms with Gasteiger partial charge in [0, 0.05) is 19.0 Å². The minimum Gasteiger partial charge on any atom is -0.339 e. The van der Waals surface area contributed by atoms with E-state index in [1.807, 2.05) is 4.31 Å². The highest BCUT2D eigenvalue weighted by molar-refractivity contribution is 7.77. The van der Waals surface area contributed by atoms with Gasteiger partial charge in [-0.05, 0) is 6.42 Å². The lowest BCUT2D eigenvalue weighted by Crippen LogP contribution is -2.07.